The highest BCUT2D eigenvalue weighted by atomic mass is 16.5. The van der Waals surface area contributed by atoms with E-state index in [2.05, 4.69) is 34.0 Å². The number of carbonyl (C=O) groups is 1. The number of likely N-dealkylation sites (tertiary alicyclic amines) is 1. The molecule has 162 valence electrons. The van der Waals surface area contributed by atoms with E-state index in [1.54, 1.807) is 0 Å². The van der Waals surface area contributed by atoms with E-state index in [9.17, 15) is 4.79 Å². The molecule has 1 aromatic carbocycles. The molecule has 2 aromatic heterocycles. The van der Waals surface area contributed by atoms with Gasteiger partial charge in [-0.3, -0.25) is 9.69 Å². The van der Waals surface area contributed by atoms with Crippen LogP contribution in [0.25, 0.3) is 11.5 Å². The second-order valence-corrected chi connectivity index (χ2v) is 8.32. The first-order chi connectivity index (χ1) is 15.3. The van der Waals surface area contributed by atoms with Gasteiger partial charge in [0.25, 0.3) is 0 Å². The van der Waals surface area contributed by atoms with Gasteiger partial charge < -0.3 is 14.2 Å². The summed E-state index contributed by atoms with van der Waals surface area (Å²) < 4.78 is 9.52. The second kappa shape index (κ2) is 9.08. The molecule has 3 aromatic rings. The number of hydrogen-bond acceptors (Lipinski definition) is 4. The zero-order chi connectivity index (χ0) is 21.0. The van der Waals surface area contributed by atoms with E-state index in [0.29, 0.717) is 19.1 Å². The maximum Gasteiger partial charge on any atom is 0.225 e. The molecule has 0 unspecified atom stereocenters. The molecule has 31 heavy (non-hydrogen) atoms. The van der Waals surface area contributed by atoms with Crippen LogP contribution in [0.5, 0.6) is 0 Å². The van der Waals surface area contributed by atoms with Crippen molar-refractivity contribution in [1.29, 1.82) is 0 Å². The van der Waals surface area contributed by atoms with E-state index in [1.807, 2.05) is 46.1 Å². The summed E-state index contributed by atoms with van der Waals surface area (Å²) in [6, 6.07) is 14.3. The molecule has 2 aliphatic heterocycles. The summed E-state index contributed by atoms with van der Waals surface area (Å²) in [6.45, 7) is 5.50. The highest BCUT2D eigenvalue weighted by Crippen LogP contribution is 2.25. The minimum Gasteiger partial charge on any atom is -0.378 e. The number of para-hydroxylation sites is 1. The van der Waals surface area contributed by atoms with Crippen LogP contribution < -0.4 is 0 Å². The highest BCUT2D eigenvalue weighted by molar-refractivity contribution is 5.79. The summed E-state index contributed by atoms with van der Waals surface area (Å²) >= 11 is 0. The first-order valence-electron chi connectivity index (χ1n) is 11.1. The van der Waals surface area contributed by atoms with Crippen LogP contribution in [0.15, 0.2) is 61.1 Å². The lowest BCUT2D eigenvalue weighted by molar-refractivity contribution is -0.141. The lowest BCUT2D eigenvalue weighted by atomic mass is 9.95. The molecule has 0 bridgehead atoms. The molecule has 0 atom stereocenters. The van der Waals surface area contributed by atoms with Crippen LogP contribution in [-0.4, -0.2) is 69.4 Å². The van der Waals surface area contributed by atoms with Crippen LogP contribution in [-0.2, 0) is 16.1 Å². The van der Waals surface area contributed by atoms with E-state index in [-0.39, 0.29) is 5.92 Å². The number of aromatic nitrogens is 3. The number of morpholine rings is 1. The van der Waals surface area contributed by atoms with Crippen molar-refractivity contribution in [2.24, 2.45) is 5.92 Å². The molecule has 0 saturated carbocycles. The second-order valence-electron chi connectivity index (χ2n) is 8.32. The van der Waals surface area contributed by atoms with E-state index >= 15 is 0 Å². The van der Waals surface area contributed by atoms with Crippen LogP contribution in [0, 0.1) is 5.92 Å². The van der Waals surface area contributed by atoms with Crippen LogP contribution in [0.2, 0.25) is 0 Å². The van der Waals surface area contributed by atoms with E-state index in [0.717, 1.165) is 57.1 Å². The van der Waals surface area contributed by atoms with Gasteiger partial charge in [0.1, 0.15) is 5.82 Å². The summed E-state index contributed by atoms with van der Waals surface area (Å²) in [5.41, 5.74) is 2.24. The monoisotopic (exact) mass is 419 g/mol. The minimum atomic E-state index is 0.144. The molecular formula is C24H29N5O2. The minimum absolute atomic E-state index is 0.144. The molecule has 0 radical (unpaired) electrons. The number of amides is 1. The van der Waals surface area contributed by atoms with Gasteiger partial charge in [0.15, 0.2) is 0 Å². The normalized spacial score (nSPS) is 18.4. The van der Waals surface area contributed by atoms with Crippen molar-refractivity contribution >= 4 is 5.91 Å². The number of carbonyl (C=O) groups excluding carboxylic acids is 1. The molecule has 1 amide bonds. The van der Waals surface area contributed by atoms with Gasteiger partial charge in [0.05, 0.1) is 25.1 Å². The first-order valence-corrected chi connectivity index (χ1v) is 11.1. The Hall–Kier alpha value is -2.90. The number of hydrogen-bond donors (Lipinski definition) is 0. The molecule has 0 N–H and O–H groups in total. The Labute approximate surface area is 182 Å². The topological polar surface area (TPSA) is 55.5 Å². The lowest BCUT2D eigenvalue weighted by Gasteiger charge is -2.35. The van der Waals surface area contributed by atoms with E-state index < -0.39 is 0 Å². The molecule has 7 heteroatoms. The quantitative estimate of drug-likeness (QED) is 0.638. The number of benzene rings is 1. The van der Waals surface area contributed by atoms with Crippen molar-refractivity contribution < 1.29 is 9.53 Å². The molecule has 0 aliphatic carbocycles. The molecule has 5 rings (SSSR count). The Morgan fingerprint density at radius 1 is 0.968 bits per heavy atom. The van der Waals surface area contributed by atoms with Gasteiger partial charge in [-0.1, -0.05) is 18.2 Å². The fourth-order valence-corrected chi connectivity index (χ4v) is 4.62. The summed E-state index contributed by atoms with van der Waals surface area (Å²) in [7, 11) is 0. The average molecular weight is 420 g/mol. The van der Waals surface area contributed by atoms with Gasteiger partial charge in [-0.05, 0) is 50.2 Å². The van der Waals surface area contributed by atoms with Gasteiger partial charge in [0, 0.05) is 43.5 Å². The predicted molar refractivity (Wildman–Crippen MR) is 118 cm³/mol. The Kier molecular flexibility index (Phi) is 5.86. The summed E-state index contributed by atoms with van der Waals surface area (Å²) in [5.74, 6) is 1.53. The van der Waals surface area contributed by atoms with Gasteiger partial charge in [0.2, 0.25) is 5.91 Å². The fraction of sp³-hybridized carbons (Fsp3) is 0.417. The maximum absolute atomic E-state index is 12.8. The van der Waals surface area contributed by atoms with Crippen molar-refractivity contribution in [3.63, 3.8) is 0 Å². The predicted octanol–water partition coefficient (Wildman–Crippen LogP) is 2.73. The lowest BCUT2D eigenvalue weighted by Crippen LogP contribution is -2.46. The van der Waals surface area contributed by atoms with Crippen LogP contribution >= 0.6 is 0 Å². The van der Waals surface area contributed by atoms with Gasteiger partial charge in [-0.15, -0.1) is 0 Å². The smallest absolute Gasteiger partial charge is 0.225 e. The first kappa shape index (κ1) is 20.0. The molecule has 2 fully saturated rings. The summed E-state index contributed by atoms with van der Waals surface area (Å²) in [5, 5.41) is 4.71. The van der Waals surface area contributed by atoms with Crippen LogP contribution in [0.3, 0.4) is 0 Å². The number of nitrogens with zero attached hydrogens (tertiary/aromatic N) is 5. The highest BCUT2D eigenvalue weighted by Gasteiger charge is 2.30. The molecule has 7 nitrogen and oxygen atoms in total. The average Bonchev–Trinajstić information content (AvgIpc) is 3.50. The van der Waals surface area contributed by atoms with Crippen molar-refractivity contribution in [2.75, 3.05) is 39.4 Å². The van der Waals surface area contributed by atoms with E-state index in [1.165, 1.54) is 5.56 Å². The largest absolute Gasteiger partial charge is 0.378 e. The number of rotatable bonds is 5. The third-order valence-corrected chi connectivity index (χ3v) is 6.32. The molecule has 2 saturated heterocycles. The Morgan fingerprint density at radius 2 is 1.68 bits per heavy atom. The Bertz CT molecular complexity index is 984. The van der Waals surface area contributed by atoms with Crippen molar-refractivity contribution in [1.82, 2.24) is 24.1 Å². The molecule has 4 heterocycles. The summed E-state index contributed by atoms with van der Waals surface area (Å²) in [6.07, 6.45) is 7.94. The molecular weight excluding hydrogens is 390 g/mol. The van der Waals surface area contributed by atoms with Crippen LogP contribution in [0.1, 0.15) is 18.4 Å². The summed E-state index contributed by atoms with van der Waals surface area (Å²) in [4.78, 5) is 17.3. The Morgan fingerprint density at radius 3 is 2.39 bits per heavy atom. The number of ether oxygens (including phenoxy) is 1. The van der Waals surface area contributed by atoms with Crippen LogP contribution in [0.4, 0.5) is 0 Å². The zero-order valence-corrected chi connectivity index (χ0v) is 17.8. The van der Waals surface area contributed by atoms with Crippen molar-refractivity contribution in [2.45, 2.75) is 19.4 Å². The van der Waals surface area contributed by atoms with Gasteiger partial charge in [-0.25, -0.2) is 4.68 Å². The molecule has 0 spiro atoms. The third-order valence-electron chi connectivity index (χ3n) is 6.32. The SMILES string of the molecule is O=C(C1CCN(Cc2cnn(-c3ccccc3)c2-n2cccc2)CC1)N1CCOCC1. The van der Waals surface area contributed by atoms with E-state index in [4.69, 9.17) is 9.84 Å². The van der Waals surface area contributed by atoms with Crippen molar-refractivity contribution in [3.8, 4) is 11.5 Å². The van der Waals surface area contributed by atoms with Gasteiger partial charge >= 0.3 is 0 Å². The Balaban J connectivity index is 1.29. The fourth-order valence-electron chi connectivity index (χ4n) is 4.62. The maximum atomic E-state index is 12.8. The van der Waals surface area contributed by atoms with Gasteiger partial charge in [-0.2, -0.15) is 5.10 Å². The van der Waals surface area contributed by atoms with Crippen molar-refractivity contribution in [3.05, 3.63) is 66.6 Å². The number of piperidine rings is 1. The third kappa shape index (κ3) is 4.29. The standard InChI is InChI=1S/C24H29N5O2/c30-24(28-14-16-31-17-15-28)20-8-12-26(13-9-20)19-21-18-25-29(22-6-2-1-3-7-22)23(21)27-10-4-5-11-27/h1-7,10-11,18,20H,8-9,12-17,19H2. The zero-order valence-electron chi connectivity index (χ0n) is 17.8. The molecule has 2 aliphatic rings.